The first-order chi connectivity index (χ1) is 11.9. The molecule has 0 N–H and O–H groups in total. The maximum absolute atomic E-state index is 11.6. The average Bonchev–Trinajstić information content (AvgIpc) is 2.97. The van der Waals surface area contributed by atoms with Crippen LogP contribution in [0.1, 0.15) is 6.92 Å². The molecule has 8 heteroatoms. The van der Waals surface area contributed by atoms with Gasteiger partial charge in [-0.1, -0.05) is 30.7 Å². The van der Waals surface area contributed by atoms with Crippen molar-refractivity contribution < 1.29 is 8.42 Å². The molecule has 0 unspecified atom stereocenters. The molecule has 2 heterocycles. The zero-order chi connectivity index (χ0) is 18.0. The fraction of sp³-hybridized carbons (Fsp3) is 0.176. The van der Waals surface area contributed by atoms with Crippen molar-refractivity contribution in [3.8, 4) is 16.9 Å². The fourth-order valence-corrected chi connectivity index (χ4v) is 3.86. The summed E-state index contributed by atoms with van der Waals surface area (Å²) >= 11 is 8.05. The van der Waals surface area contributed by atoms with Crippen molar-refractivity contribution in [3.63, 3.8) is 0 Å². The van der Waals surface area contributed by atoms with E-state index in [4.69, 9.17) is 11.6 Å². The zero-order valence-corrected chi connectivity index (χ0v) is 16.1. The fourth-order valence-electron chi connectivity index (χ4n) is 2.39. The summed E-state index contributed by atoms with van der Waals surface area (Å²) < 4.78 is 24.9. The molecule has 25 heavy (non-hydrogen) atoms. The van der Waals surface area contributed by atoms with Crippen molar-refractivity contribution in [3.05, 3.63) is 54.1 Å². The van der Waals surface area contributed by atoms with E-state index < -0.39 is 9.84 Å². The van der Waals surface area contributed by atoms with Crippen LogP contribution in [0.5, 0.6) is 0 Å². The molecule has 0 saturated carbocycles. The van der Waals surface area contributed by atoms with Gasteiger partial charge < -0.3 is 0 Å². The van der Waals surface area contributed by atoms with Crippen molar-refractivity contribution >= 4 is 33.2 Å². The smallest absolute Gasteiger partial charge is 0.192 e. The largest absolute Gasteiger partial charge is 0.296 e. The van der Waals surface area contributed by atoms with Crippen LogP contribution < -0.4 is 0 Å². The summed E-state index contributed by atoms with van der Waals surface area (Å²) in [7, 11) is -3.33. The second-order valence-electron chi connectivity index (χ2n) is 5.34. The number of halogens is 1. The SMILES string of the molecule is CCSc1ccc(-c2c(Cl)ncn2-c2ccc(S(C)(=O)=O)nc2)cc1. The topological polar surface area (TPSA) is 64.8 Å². The third kappa shape index (κ3) is 3.89. The lowest BCUT2D eigenvalue weighted by molar-refractivity contribution is 0.598. The zero-order valence-electron chi connectivity index (χ0n) is 13.7. The first-order valence-electron chi connectivity index (χ1n) is 7.52. The molecule has 3 aromatic rings. The van der Waals surface area contributed by atoms with Crippen LogP contribution in [0.2, 0.25) is 5.15 Å². The number of benzene rings is 1. The van der Waals surface area contributed by atoms with Crippen LogP contribution in [0, 0.1) is 0 Å². The van der Waals surface area contributed by atoms with E-state index in [1.54, 1.807) is 28.7 Å². The van der Waals surface area contributed by atoms with Crippen molar-refractivity contribution in [2.45, 2.75) is 16.8 Å². The lowest BCUT2D eigenvalue weighted by atomic mass is 10.1. The van der Waals surface area contributed by atoms with E-state index in [1.165, 1.54) is 17.2 Å². The maximum Gasteiger partial charge on any atom is 0.192 e. The molecule has 2 aromatic heterocycles. The molecule has 130 valence electrons. The van der Waals surface area contributed by atoms with E-state index in [-0.39, 0.29) is 5.03 Å². The summed E-state index contributed by atoms with van der Waals surface area (Å²) in [6.45, 7) is 2.11. The van der Waals surface area contributed by atoms with Crippen molar-refractivity contribution in [2.24, 2.45) is 0 Å². The van der Waals surface area contributed by atoms with Crippen molar-refractivity contribution in [1.29, 1.82) is 0 Å². The third-order valence-electron chi connectivity index (χ3n) is 3.54. The number of imidazole rings is 1. The summed E-state index contributed by atoms with van der Waals surface area (Å²) in [5.41, 5.74) is 2.35. The Kier molecular flexibility index (Phi) is 5.17. The summed E-state index contributed by atoms with van der Waals surface area (Å²) in [5.74, 6) is 1.01. The molecule has 1 aromatic carbocycles. The normalized spacial score (nSPS) is 11.6. The quantitative estimate of drug-likeness (QED) is 0.610. The van der Waals surface area contributed by atoms with Gasteiger partial charge in [-0.25, -0.2) is 18.4 Å². The summed E-state index contributed by atoms with van der Waals surface area (Å²) in [4.78, 5) is 9.39. The van der Waals surface area contributed by atoms with Crippen LogP contribution >= 0.6 is 23.4 Å². The summed E-state index contributed by atoms with van der Waals surface area (Å²) in [5, 5.41) is 0.410. The summed E-state index contributed by atoms with van der Waals surface area (Å²) in [6, 6.07) is 11.2. The molecule has 0 aliphatic heterocycles. The van der Waals surface area contributed by atoms with Gasteiger partial charge in [-0.3, -0.25) is 4.57 Å². The van der Waals surface area contributed by atoms with Crippen LogP contribution in [0.25, 0.3) is 16.9 Å². The molecule has 0 fully saturated rings. The highest BCUT2D eigenvalue weighted by Crippen LogP contribution is 2.31. The predicted molar refractivity (Wildman–Crippen MR) is 101 cm³/mol. The monoisotopic (exact) mass is 393 g/mol. The van der Waals surface area contributed by atoms with Gasteiger partial charge in [0.2, 0.25) is 0 Å². The molecule has 0 spiro atoms. The van der Waals surface area contributed by atoms with Crippen LogP contribution in [0.15, 0.2) is 58.8 Å². The van der Waals surface area contributed by atoms with Gasteiger partial charge >= 0.3 is 0 Å². The molecule has 0 aliphatic rings. The Morgan fingerprint density at radius 1 is 1.12 bits per heavy atom. The lowest BCUT2D eigenvalue weighted by Gasteiger charge is -2.10. The highest BCUT2D eigenvalue weighted by atomic mass is 35.5. The molecule has 0 saturated heterocycles. The van der Waals surface area contributed by atoms with Crippen LogP contribution in [0.3, 0.4) is 0 Å². The number of pyridine rings is 1. The first kappa shape index (κ1) is 18.0. The van der Waals surface area contributed by atoms with Gasteiger partial charge in [-0.15, -0.1) is 11.8 Å². The minimum Gasteiger partial charge on any atom is -0.296 e. The van der Waals surface area contributed by atoms with Crippen LogP contribution in [-0.4, -0.2) is 35.0 Å². The molecule has 0 amide bonds. The molecular formula is C17H16ClN3O2S2. The highest BCUT2D eigenvalue weighted by molar-refractivity contribution is 7.99. The van der Waals surface area contributed by atoms with E-state index in [2.05, 4.69) is 16.9 Å². The highest BCUT2D eigenvalue weighted by Gasteiger charge is 2.15. The second kappa shape index (κ2) is 7.19. The minimum atomic E-state index is -3.33. The number of rotatable bonds is 5. The molecular weight excluding hydrogens is 378 g/mol. The van der Waals surface area contributed by atoms with Crippen molar-refractivity contribution in [1.82, 2.24) is 14.5 Å². The average molecular weight is 394 g/mol. The minimum absolute atomic E-state index is 0.0324. The Hall–Kier alpha value is -1.83. The van der Waals surface area contributed by atoms with Gasteiger partial charge in [-0.05, 0) is 30.0 Å². The van der Waals surface area contributed by atoms with E-state index in [9.17, 15) is 8.42 Å². The molecule has 5 nitrogen and oxygen atoms in total. The number of hydrogen-bond acceptors (Lipinski definition) is 5. The second-order valence-corrected chi connectivity index (χ2v) is 9.00. The van der Waals surface area contributed by atoms with E-state index >= 15 is 0 Å². The Morgan fingerprint density at radius 2 is 1.84 bits per heavy atom. The van der Waals surface area contributed by atoms with Gasteiger partial charge in [0.15, 0.2) is 20.0 Å². The van der Waals surface area contributed by atoms with Gasteiger partial charge in [0.25, 0.3) is 0 Å². The summed E-state index contributed by atoms with van der Waals surface area (Å²) in [6.07, 6.45) is 4.23. The molecule has 0 bridgehead atoms. The standard InChI is InChI=1S/C17H16ClN3O2S2/c1-3-24-14-7-4-12(5-8-14)16-17(18)20-11-21(16)13-6-9-15(19-10-13)25(2,22)23/h4-11H,3H2,1-2H3. The Balaban J connectivity index is 2.02. The molecule has 0 aliphatic carbocycles. The maximum atomic E-state index is 11.6. The number of hydrogen-bond donors (Lipinski definition) is 0. The van der Waals surface area contributed by atoms with E-state index in [0.717, 1.165) is 23.3 Å². The van der Waals surface area contributed by atoms with Crippen molar-refractivity contribution in [2.75, 3.05) is 12.0 Å². The molecule has 0 radical (unpaired) electrons. The number of aromatic nitrogens is 3. The third-order valence-corrected chi connectivity index (χ3v) is 5.71. The van der Waals surface area contributed by atoms with Gasteiger partial charge in [0.05, 0.1) is 17.6 Å². The Labute approximate surface area is 156 Å². The lowest BCUT2D eigenvalue weighted by Crippen LogP contribution is -2.02. The number of thioether (sulfide) groups is 1. The van der Waals surface area contributed by atoms with Crippen LogP contribution in [0.4, 0.5) is 0 Å². The van der Waals surface area contributed by atoms with E-state index in [1.807, 2.05) is 24.3 Å². The number of nitrogens with zero attached hydrogens (tertiary/aromatic N) is 3. The Morgan fingerprint density at radius 3 is 2.40 bits per heavy atom. The van der Waals surface area contributed by atoms with Gasteiger partial charge in [-0.2, -0.15) is 0 Å². The van der Waals surface area contributed by atoms with E-state index in [0.29, 0.717) is 10.8 Å². The molecule has 0 atom stereocenters. The Bertz CT molecular complexity index is 982. The van der Waals surface area contributed by atoms with Gasteiger partial charge in [0.1, 0.15) is 6.33 Å². The molecule has 3 rings (SSSR count). The van der Waals surface area contributed by atoms with Crippen LogP contribution in [-0.2, 0) is 9.84 Å². The predicted octanol–water partition coefficient (Wildman–Crippen LogP) is 4.10. The number of sulfone groups is 1. The van der Waals surface area contributed by atoms with Gasteiger partial charge in [0, 0.05) is 16.7 Å². The first-order valence-corrected chi connectivity index (χ1v) is 10.8.